The Hall–Kier alpha value is -4.72. The summed E-state index contributed by atoms with van der Waals surface area (Å²) in [6.07, 6.45) is 5.63. The average Bonchev–Trinajstić information content (AvgIpc) is 2.98. The Bertz CT molecular complexity index is 1490. The van der Waals surface area contributed by atoms with E-state index in [4.69, 9.17) is 9.47 Å². The molecular weight excluding hydrogens is 504 g/mol. The van der Waals surface area contributed by atoms with Crippen molar-refractivity contribution in [3.05, 3.63) is 108 Å². The molecule has 0 saturated heterocycles. The molecule has 8 heteroatoms. The van der Waals surface area contributed by atoms with Crippen molar-refractivity contribution < 1.29 is 19.1 Å². The smallest absolute Gasteiger partial charge is 0.260 e. The van der Waals surface area contributed by atoms with Crippen molar-refractivity contribution in [1.82, 2.24) is 19.8 Å². The van der Waals surface area contributed by atoms with Gasteiger partial charge in [-0.1, -0.05) is 36.4 Å². The van der Waals surface area contributed by atoms with Crippen molar-refractivity contribution in [2.75, 3.05) is 39.9 Å². The van der Waals surface area contributed by atoms with Gasteiger partial charge in [0.15, 0.2) is 6.61 Å². The Labute approximate surface area is 234 Å². The second-order valence-electron chi connectivity index (χ2n) is 9.84. The number of aromatic nitrogens is 2. The third-order valence-corrected chi connectivity index (χ3v) is 6.99. The van der Waals surface area contributed by atoms with Crippen LogP contribution in [0.5, 0.6) is 11.5 Å². The number of aryl methyl sites for hydroxylation is 1. The molecule has 0 N–H and O–H groups in total. The normalized spacial score (nSPS) is 14.1. The summed E-state index contributed by atoms with van der Waals surface area (Å²) in [6.45, 7) is 3.26. The minimum absolute atomic E-state index is 0.0888. The molecule has 0 radical (unpaired) electrons. The largest absolute Gasteiger partial charge is 0.491 e. The van der Waals surface area contributed by atoms with Gasteiger partial charge < -0.3 is 19.3 Å². The van der Waals surface area contributed by atoms with E-state index in [-0.39, 0.29) is 18.4 Å². The molecule has 0 saturated carbocycles. The lowest BCUT2D eigenvalue weighted by molar-refractivity contribution is -0.133. The van der Waals surface area contributed by atoms with Gasteiger partial charge in [-0.3, -0.25) is 9.59 Å². The van der Waals surface area contributed by atoms with Crippen LogP contribution < -0.4 is 9.47 Å². The lowest BCUT2D eigenvalue weighted by atomic mass is 9.98. The van der Waals surface area contributed by atoms with Crippen LogP contribution in [0.4, 0.5) is 0 Å². The fraction of sp³-hybridized carbons (Fsp3) is 0.250. The molecule has 0 unspecified atom stereocenters. The maximum Gasteiger partial charge on any atom is 0.260 e. The van der Waals surface area contributed by atoms with Crippen LogP contribution in [-0.2, 0) is 11.2 Å². The Morgan fingerprint density at radius 2 is 1.75 bits per heavy atom. The first kappa shape index (κ1) is 26.9. The number of likely N-dealkylation sites (N-methyl/N-ethyl adjacent to an activating group) is 1. The van der Waals surface area contributed by atoms with Gasteiger partial charge in [0.05, 0.1) is 6.54 Å². The van der Waals surface area contributed by atoms with Crippen molar-refractivity contribution >= 4 is 11.8 Å². The Kier molecular flexibility index (Phi) is 8.35. The second kappa shape index (κ2) is 12.4. The number of amides is 2. The summed E-state index contributed by atoms with van der Waals surface area (Å²) in [4.78, 5) is 38.1. The molecular formula is C32H32N4O4. The highest BCUT2D eigenvalue weighted by Gasteiger charge is 2.20. The minimum Gasteiger partial charge on any atom is -0.491 e. The molecule has 4 aromatic rings. The number of fused-ring (bicyclic) bond motifs is 3. The van der Waals surface area contributed by atoms with Gasteiger partial charge in [-0.25, -0.2) is 9.97 Å². The summed E-state index contributed by atoms with van der Waals surface area (Å²) in [5, 5.41) is 0. The average molecular weight is 537 g/mol. The van der Waals surface area contributed by atoms with Gasteiger partial charge in [-0.15, -0.1) is 0 Å². The topological polar surface area (TPSA) is 84.9 Å². The number of hydrogen-bond acceptors (Lipinski definition) is 6. The van der Waals surface area contributed by atoms with E-state index in [9.17, 15) is 9.59 Å². The van der Waals surface area contributed by atoms with Gasteiger partial charge in [-0.2, -0.15) is 0 Å². The molecule has 40 heavy (non-hydrogen) atoms. The Morgan fingerprint density at radius 1 is 0.925 bits per heavy atom. The van der Waals surface area contributed by atoms with E-state index in [0.29, 0.717) is 44.0 Å². The van der Waals surface area contributed by atoms with Gasteiger partial charge in [-0.05, 0) is 59.5 Å². The van der Waals surface area contributed by atoms with Gasteiger partial charge in [0.2, 0.25) is 0 Å². The molecule has 0 atom stereocenters. The molecule has 2 heterocycles. The predicted octanol–water partition coefficient (Wildman–Crippen LogP) is 4.41. The van der Waals surface area contributed by atoms with E-state index in [1.165, 1.54) is 6.33 Å². The van der Waals surface area contributed by atoms with E-state index in [1.54, 1.807) is 29.2 Å². The van der Waals surface area contributed by atoms with Crippen LogP contribution >= 0.6 is 0 Å². The first-order valence-corrected chi connectivity index (χ1v) is 13.3. The molecule has 0 spiro atoms. The Balaban J connectivity index is 1.41. The molecule has 3 aromatic carbocycles. The highest BCUT2D eigenvalue weighted by Crippen LogP contribution is 2.29. The summed E-state index contributed by atoms with van der Waals surface area (Å²) in [5.41, 5.74) is 5.42. The molecule has 2 bridgehead atoms. The van der Waals surface area contributed by atoms with Crippen LogP contribution in [0.15, 0.2) is 85.5 Å². The molecule has 0 aliphatic carbocycles. The number of ether oxygens (including phenoxy) is 2. The van der Waals surface area contributed by atoms with Crippen LogP contribution in [0, 0.1) is 6.92 Å². The number of rotatable bonds is 4. The molecule has 204 valence electrons. The van der Waals surface area contributed by atoms with Crippen molar-refractivity contribution in [3.8, 4) is 22.6 Å². The summed E-state index contributed by atoms with van der Waals surface area (Å²) < 4.78 is 12.1. The predicted molar refractivity (Wildman–Crippen MR) is 152 cm³/mol. The first-order chi connectivity index (χ1) is 19.5. The van der Waals surface area contributed by atoms with Crippen molar-refractivity contribution in [3.63, 3.8) is 0 Å². The van der Waals surface area contributed by atoms with Crippen LogP contribution in [0.1, 0.15) is 27.0 Å². The number of nitrogens with zero attached hydrogens (tertiary/aromatic N) is 4. The molecule has 1 aromatic heterocycles. The van der Waals surface area contributed by atoms with Gasteiger partial charge in [0.1, 0.15) is 24.4 Å². The quantitative estimate of drug-likeness (QED) is 0.384. The monoisotopic (exact) mass is 536 g/mol. The Morgan fingerprint density at radius 3 is 2.58 bits per heavy atom. The second-order valence-corrected chi connectivity index (χ2v) is 9.84. The van der Waals surface area contributed by atoms with Crippen molar-refractivity contribution in [2.24, 2.45) is 0 Å². The number of para-hydroxylation sites is 1. The number of benzene rings is 3. The standard InChI is InChI=1S/C32H32N4O4/c1-23-6-3-4-9-29(23)40-21-31(37)36-13-12-35(2)32(38)26-8-5-7-24(16-26)17-27-18-25(28-19-33-22-34-20-28)10-11-30(27)39-15-14-36/h3-11,16,18-20,22H,12-15,17,21H2,1-2H3. The first-order valence-electron chi connectivity index (χ1n) is 13.3. The van der Waals surface area contributed by atoms with Gasteiger partial charge in [0.25, 0.3) is 11.8 Å². The number of hydrogen-bond donors (Lipinski definition) is 0. The maximum absolute atomic E-state index is 13.2. The van der Waals surface area contributed by atoms with Crippen LogP contribution in [0.2, 0.25) is 0 Å². The zero-order valence-electron chi connectivity index (χ0n) is 22.7. The molecule has 0 fully saturated rings. The fourth-order valence-corrected chi connectivity index (χ4v) is 4.69. The molecule has 1 aliphatic rings. The summed E-state index contributed by atoms with van der Waals surface area (Å²) in [5.74, 6) is 1.15. The van der Waals surface area contributed by atoms with Crippen LogP contribution in [-0.4, -0.2) is 71.5 Å². The number of carbonyl (C=O) groups is 2. The van der Waals surface area contributed by atoms with Gasteiger partial charge >= 0.3 is 0 Å². The number of carbonyl (C=O) groups excluding carboxylic acids is 2. The van der Waals surface area contributed by atoms with Gasteiger partial charge in [0, 0.05) is 50.1 Å². The third kappa shape index (κ3) is 6.46. The highest BCUT2D eigenvalue weighted by atomic mass is 16.5. The van der Waals surface area contributed by atoms with E-state index in [2.05, 4.69) is 16.0 Å². The fourth-order valence-electron chi connectivity index (χ4n) is 4.69. The minimum atomic E-state index is -0.165. The van der Waals surface area contributed by atoms with Crippen LogP contribution in [0.3, 0.4) is 0 Å². The molecule has 5 rings (SSSR count). The SMILES string of the molecule is Cc1ccccc1OCC(=O)N1CCOc2ccc(-c3cncnc3)cc2Cc2cccc(c2)C(=O)N(C)CC1. The lowest BCUT2D eigenvalue weighted by Gasteiger charge is -2.27. The zero-order valence-corrected chi connectivity index (χ0v) is 22.7. The zero-order chi connectivity index (χ0) is 27.9. The maximum atomic E-state index is 13.2. The summed E-state index contributed by atoms with van der Waals surface area (Å²) in [6, 6.07) is 21.3. The van der Waals surface area contributed by atoms with E-state index >= 15 is 0 Å². The molecule has 1 aliphatic heterocycles. The summed E-state index contributed by atoms with van der Waals surface area (Å²) >= 11 is 0. The third-order valence-electron chi connectivity index (χ3n) is 6.99. The molecule has 2 amide bonds. The lowest BCUT2D eigenvalue weighted by Crippen LogP contribution is -2.43. The van der Waals surface area contributed by atoms with Crippen molar-refractivity contribution in [1.29, 1.82) is 0 Å². The van der Waals surface area contributed by atoms with Crippen molar-refractivity contribution in [2.45, 2.75) is 13.3 Å². The van der Waals surface area contributed by atoms with E-state index < -0.39 is 0 Å². The molecule has 8 nitrogen and oxygen atoms in total. The highest BCUT2D eigenvalue weighted by molar-refractivity contribution is 5.94. The van der Waals surface area contributed by atoms with E-state index in [0.717, 1.165) is 33.6 Å². The van der Waals surface area contributed by atoms with Crippen LogP contribution in [0.25, 0.3) is 11.1 Å². The summed E-state index contributed by atoms with van der Waals surface area (Å²) in [7, 11) is 1.76. The van der Waals surface area contributed by atoms with E-state index in [1.807, 2.05) is 67.6 Å².